The van der Waals surface area contributed by atoms with E-state index >= 15 is 0 Å². The zero-order valence-corrected chi connectivity index (χ0v) is 17.1. The molecule has 4 fully saturated rings. The van der Waals surface area contributed by atoms with Crippen molar-refractivity contribution in [2.75, 3.05) is 6.61 Å². The van der Waals surface area contributed by atoms with Crippen molar-refractivity contribution in [1.82, 2.24) is 0 Å². The highest BCUT2D eigenvalue weighted by Gasteiger charge is 2.61. The van der Waals surface area contributed by atoms with Gasteiger partial charge in [0.15, 0.2) is 5.78 Å². The number of fused-ring (bicyclic) bond motifs is 5. The van der Waals surface area contributed by atoms with Crippen molar-refractivity contribution in [3.8, 4) is 0 Å². The molecule has 4 rings (SSSR count). The predicted molar refractivity (Wildman–Crippen MR) is 102 cm³/mol. The van der Waals surface area contributed by atoms with Gasteiger partial charge in [-0.1, -0.05) is 13.8 Å². The topological polar surface area (TPSA) is 60.4 Å². The highest BCUT2D eigenvalue weighted by atomic mass is 16.5. The van der Waals surface area contributed by atoms with Crippen LogP contribution in [0.15, 0.2) is 0 Å². The third-order valence-corrected chi connectivity index (χ3v) is 9.29. The fourth-order valence-electron chi connectivity index (χ4n) is 7.85. The van der Waals surface area contributed by atoms with E-state index in [1.807, 2.05) is 0 Å². The summed E-state index contributed by atoms with van der Waals surface area (Å²) in [5.74, 6) is 2.86. The van der Waals surface area contributed by atoms with Crippen LogP contribution in [0.1, 0.15) is 78.6 Å². The second-order valence-electron chi connectivity index (χ2n) is 10.3. The van der Waals surface area contributed by atoms with Gasteiger partial charge in [-0.3, -0.25) is 14.4 Å². The first-order chi connectivity index (χ1) is 12.8. The van der Waals surface area contributed by atoms with Crippen molar-refractivity contribution in [2.24, 2.45) is 40.4 Å². The fourth-order valence-corrected chi connectivity index (χ4v) is 7.85. The van der Waals surface area contributed by atoms with Crippen molar-refractivity contribution < 1.29 is 19.1 Å². The molecule has 4 aliphatic rings. The quantitative estimate of drug-likeness (QED) is 0.689. The Morgan fingerprint density at radius 3 is 2.48 bits per heavy atom. The Bertz CT molecular complexity index is 655. The third kappa shape index (κ3) is 2.98. The summed E-state index contributed by atoms with van der Waals surface area (Å²) in [6.45, 7) is 6.10. The lowest BCUT2D eigenvalue weighted by Crippen LogP contribution is -2.54. The van der Waals surface area contributed by atoms with Crippen LogP contribution in [-0.4, -0.2) is 24.1 Å². The van der Waals surface area contributed by atoms with Crippen LogP contribution in [0.2, 0.25) is 0 Å². The van der Waals surface area contributed by atoms with Crippen LogP contribution in [-0.2, 0) is 19.1 Å². The number of ketones is 2. The molecule has 4 saturated carbocycles. The summed E-state index contributed by atoms with van der Waals surface area (Å²) >= 11 is 0. The molecule has 4 nitrogen and oxygen atoms in total. The van der Waals surface area contributed by atoms with Crippen LogP contribution in [0.25, 0.3) is 0 Å². The van der Waals surface area contributed by atoms with Gasteiger partial charge in [-0.2, -0.15) is 0 Å². The van der Waals surface area contributed by atoms with Gasteiger partial charge < -0.3 is 4.74 Å². The maximum atomic E-state index is 12.8. The molecule has 0 aromatic carbocycles. The summed E-state index contributed by atoms with van der Waals surface area (Å²) in [5, 5.41) is 0. The number of carbonyl (C=O) groups is 3. The van der Waals surface area contributed by atoms with Gasteiger partial charge in [0, 0.05) is 25.7 Å². The summed E-state index contributed by atoms with van der Waals surface area (Å²) in [6.07, 6.45) is 9.41. The minimum Gasteiger partial charge on any atom is -0.458 e. The number of Topliss-reactive ketones (excluding diaryl/α,β-unsaturated/α-hetero) is 2. The summed E-state index contributed by atoms with van der Waals surface area (Å²) < 4.78 is 5.02. The zero-order chi connectivity index (χ0) is 19.4. The van der Waals surface area contributed by atoms with Gasteiger partial charge in [-0.25, -0.2) is 0 Å². The molecule has 0 aromatic heterocycles. The Labute approximate surface area is 162 Å². The van der Waals surface area contributed by atoms with Gasteiger partial charge in [0.05, 0.1) is 0 Å². The van der Waals surface area contributed by atoms with Gasteiger partial charge in [0.2, 0.25) is 0 Å². The standard InChI is InChI=1S/C23H34O4/c1-14(24)27-13-21(26)20-7-6-18-17-5-4-15-12-16(25)8-10-22(15,2)19(17)9-11-23(18,20)3/h15,17-20H,4-13H2,1-3H3/t15?,17-,18-,19-,20+,22-,23-/m0/s1. The number of hydrogen-bond acceptors (Lipinski definition) is 4. The summed E-state index contributed by atoms with van der Waals surface area (Å²) in [6, 6.07) is 0. The Balaban J connectivity index is 1.53. The van der Waals surface area contributed by atoms with Crippen LogP contribution in [0.5, 0.6) is 0 Å². The minimum atomic E-state index is -0.371. The summed E-state index contributed by atoms with van der Waals surface area (Å²) in [7, 11) is 0. The van der Waals surface area contributed by atoms with Crippen molar-refractivity contribution in [2.45, 2.75) is 78.6 Å². The normalized spacial score (nSPS) is 46.2. The molecule has 0 saturated heterocycles. The molecule has 0 heterocycles. The largest absolute Gasteiger partial charge is 0.458 e. The van der Waals surface area contributed by atoms with Crippen molar-refractivity contribution in [1.29, 1.82) is 0 Å². The molecule has 4 aliphatic carbocycles. The highest BCUT2D eigenvalue weighted by Crippen LogP contribution is 2.67. The Morgan fingerprint density at radius 2 is 1.74 bits per heavy atom. The van der Waals surface area contributed by atoms with Crippen LogP contribution in [0, 0.1) is 40.4 Å². The minimum absolute atomic E-state index is 0.0428. The average Bonchev–Trinajstić information content (AvgIpc) is 2.97. The van der Waals surface area contributed by atoms with E-state index < -0.39 is 0 Å². The van der Waals surface area contributed by atoms with Crippen molar-refractivity contribution >= 4 is 17.5 Å². The van der Waals surface area contributed by atoms with Crippen LogP contribution in [0.4, 0.5) is 0 Å². The molecule has 0 amide bonds. The van der Waals surface area contributed by atoms with Gasteiger partial charge in [-0.05, 0) is 79.4 Å². The maximum absolute atomic E-state index is 12.8. The fraction of sp³-hybridized carbons (Fsp3) is 0.870. The van der Waals surface area contributed by atoms with E-state index in [-0.39, 0.29) is 29.7 Å². The van der Waals surface area contributed by atoms with Gasteiger partial charge in [0.25, 0.3) is 0 Å². The lowest BCUT2D eigenvalue weighted by molar-refractivity contribution is -0.151. The number of carbonyl (C=O) groups excluding carboxylic acids is 3. The molecule has 0 N–H and O–H groups in total. The molecule has 0 bridgehead atoms. The van der Waals surface area contributed by atoms with Gasteiger partial charge in [0.1, 0.15) is 12.4 Å². The summed E-state index contributed by atoms with van der Waals surface area (Å²) in [5.41, 5.74) is 0.379. The van der Waals surface area contributed by atoms with E-state index in [9.17, 15) is 14.4 Å². The molecule has 0 radical (unpaired) electrons. The van der Waals surface area contributed by atoms with Crippen LogP contribution in [0.3, 0.4) is 0 Å². The van der Waals surface area contributed by atoms with E-state index in [0.717, 1.165) is 38.5 Å². The monoisotopic (exact) mass is 374 g/mol. The Hall–Kier alpha value is -1.19. The molecule has 0 aromatic rings. The number of rotatable bonds is 3. The molecule has 0 aliphatic heterocycles. The molecule has 27 heavy (non-hydrogen) atoms. The van der Waals surface area contributed by atoms with Crippen molar-refractivity contribution in [3.05, 3.63) is 0 Å². The lowest BCUT2D eigenvalue weighted by atomic mass is 9.44. The van der Waals surface area contributed by atoms with Crippen molar-refractivity contribution in [3.63, 3.8) is 0 Å². The molecular formula is C23H34O4. The third-order valence-electron chi connectivity index (χ3n) is 9.29. The first-order valence-electron chi connectivity index (χ1n) is 10.9. The SMILES string of the molecule is CC(=O)OCC(=O)[C@H]1CC[C@H]2[C@@H]3CCC4CC(=O)CC[C@]4(C)[C@H]3CC[C@]12C. The molecule has 0 spiro atoms. The lowest BCUT2D eigenvalue weighted by Gasteiger charge is -2.60. The molecular weight excluding hydrogens is 340 g/mol. The van der Waals surface area contributed by atoms with E-state index in [2.05, 4.69) is 13.8 Å². The average molecular weight is 375 g/mol. The Morgan fingerprint density at radius 1 is 1.00 bits per heavy atom. The Kier molecular flexibility index (Phi) is 4.75. The van der Waals surface area contributed by atoms with E-state index in [1.54, 1.807) is 0 Å². The molecule has 150 valence electrons. The predicted octanol–water partition coefficient (Wildman–Crippen LogP) is 4.35. The zero-order valence-electron chi connectivity index (χ0n) is 17.1. The van der Waals surface area contributed by atoms with Crippen LogP contribution < -0.4 is 0 Å². The van der Waals surface area contributed by atoms with Gasteiger partial charge >= 0.3 is 5.97 Å². The van der Waals surface area contributed by atoms with E-state index in [0.29, 0.717) is 34.9 Å². The number of ether oxygens (including phenoxy) is 1. The second-order valence-corrected chi connectivity index (χ2v) is 10.3. The number of esters is 1. The molecule has 4 heteroatoms. The van der Waals surface area contributed by atoms with Gasteiger partial charge in [-0.15, -0.1) is 0 Å². The second kappa shape index (κ2) is 6.70. The molecule has 7 atom stereocenters. The summed E-state index contributed by atoms with van der Waals surface area (Å²) in [4.78, 5) is 35.9. The smallest absolute Gasteiger partial charge is 0.303 e. The number of hydrogen-bond donors (Lipinski definition) is 0. The first-order valence-corrected chi connectivity index (χ1v) is 10.9. The molecule has 1 unspecified atom stereocenters. The maximum Gasteiger partial charge on any atom is 0.303 e. The van der Waals surface area contributed by atoms with E-state index in [1.165, 1.54) is 26.2 Å². The van der Waals surface area contributed by atoms with E-state index in [4.69, 9.17) is 4.74 Å². The highest BCUT2D eigenvalue weighted by molar-refractivity contribution is 5.85. The first kappa shape index (κ1) is 19.1. The van der Waals surface area contributed by atoms with Crippen LogP contribution >= 0.6 is 0 Å².